The van der Waals surface area contributed by atoms with Crippen LogP contribution in [0.3, 0.4) is 0 Å². The largest absolute Gasteiger partial charge is 0.459 e. The van der Waals surface area contributed by atoms with Crippen LogP contribution in [0.1, 0.15) is 53.1 Å². The lowest BCUT2D eigenvalue weighted by Gasteiger charge is -2.13. The number of hydrogen-bond acceptors (Lipinski definition) is 4. The van der Waals surface area contributed by atoms with Gasteiger partial charge in [0, 0.05) is 6.42 Å². The average molecular weight is 347 g/mol. The van der Waals surface area contributed by atoms with E-state index in [4.69, 9.17) is 4.74 Å². The van der Waals surface area contributed by atoms with Crippen molar-refractivity contribution >= 4 is 11.8 Å². The molecule has 0 aromatic heterocycles. The Morgan fingerprint density at radius 3 is 2.50 bits per heavy atom. The molecule has 1 aliphatic carbocycles. The average Bonchev–Trinajstić information content (AvgIpc) is 3.16. The van der Waals surface area contributed by atoms with Gasteiger partial charge in [-0.05, 0) is 48.9 Å². The second kappa shape index (κ2) is 8.44. The summed E-state index contributed by atoms with van der Waals surface area (Å²) in [5.74, 6) is -1.46. The highest BCUT2D eigenvalue weighted by Crippen LogP contribution is 2.24. The third-order valence-corrected chi connectivity index (χ3v) is 4.70. The summed E-state index contributed by atoms with van der Waals surface area (Å²) in [7, 11) is 0. The topological polar surface area (TPSA) is 67.2 Å². The van der Waals surface area contributed by atoms with Crippen LogP contribution in [0.25, 0.3) is 0 Å². The first kappa shape index (κ1) is 17.9. The predicted octanol–water partition coefficient (Wildman–Crippen LogP) is 4.20. The summed E-state index contributed by atoms with van der Waals surface area (Å²) < 4.78 is 5.52. The van der Waals surface area contributed by atoms with Crippen LogP contribution in [0.2, 0.25) is 0 Å². The van der Waals surface area contributed by atoms with E-state index in [-0.39, 0.29) is 24.3 Å². The molecule has 0 saturated heterocycles. The van der Waals surface area contributed by atoms with Crippen molar-refractivity contribution in [2.45, 2.75) is 44.1 Å². The number of benzene rings is 2. The third kappa shape index (κ3) is 4.37. The first-order valence-corrected chi connectivity index (χ1v) is 8.94. The van der Waals surface area contributed by atoms with Gasteiger partial charge in [0.15, 0.2) is 5.78 Å². The zero-order valence-electron chi connectivity index (χ0n) is 14.6. The first-order chi connectivity index (χ1) is 12.7. The molecule has 0 N–H and O–H groups in total. The molecule has 4 nitrogen and oxygen atoms in total. The third-order valence-electron chi connectivity index (χ3n) is 4.70. The van der Waals surface area contributed by atoms with E-state index in [1.54, 1.807) is 24.3 Å². The van der Waals surface area contributed by atoms with E-state index in [0.29, 0.717) is 11.1 Å². The number of rotatable bonds is 6. The van der Waals surface area contributed by atoms with E-state index >= 15 is 0 Å². The molecule has 0 radical (unpaired) electrons. The van der Waals surface area contributed by atoms with Crippen molar-refractivity contribution in [1.82, 2.24) is 0 Å². The molecule has 0 amide bonds. The lowest BCUT2D eigenvalue weighted by molar-refractivity contribution is -0.118. The van der Waals surface area contributed by atoms with Crippen molar-refractivity contribution in [3.05, 3.63) is 71.3 Å². The summed E-state index contributed by atoms with van der Waals surface area (Å²) in [4.78, 5) is 24.9. The fraction of sp³-hybridized carbons (Fsp3) is 0.318. The van der Waals surface area contributed by atoms with E-state index < -0.39 is 5.92 Å². The van der Waals surface area contributed by atoms with Gasteiger partial charge in [0.2, 0.25) is 0 Å². The van der Waals surface area contributed by atoms with Crippen LogP contribution < -0.4 is 0 Å². The minimum absolute atomic E-state index is 0.0161. The number of Topliss-reactive ketones (excluding diaryl/α,β-unsaturated/α-hetero) is 1. The highest BCUT2D eigenvalue weighted by Gasteiger charge is 2.23. The maximum atomic E-state index is 12.6. The maximum absolute atomic E-state index is 12.6. The molecule has 3 rings (SSSR count). The molecule has 0 spiro atoms. The number of carbonyl (C=O) groups is 2. The molecule has 1 aliphatic rings. The number of hydrogen-bond donors (Lipinski definition) is 0. The molecule has 4 heteroatoms. The van der Waals surface area contributed by atoms with Gasteiger partial charge in [-0.25, -0.2) is 4.79 Å². The van der Waals surface area contributed by atoms with Crippen LogP contribution in [0.4, 0.5) is 0 Å². The maximum Gasteiger partial charge on any atom is 0.338 e. The van der Waals surface area contributed by atoms with E-state index in [1.165, 1.54) is 0 Å². The molecule has 2 aromatic rings. The first-order valence-electron chi connectivity index (χ1n) is 8.94. The van der Waals surface area contributed by atoms with Crippen molar-refractivity contribution in [2.75, 3.05) is 0 Å². The number of ketones is 1. The lowest BCUT2D eigenvalue weighted by Crippen LogP contribution is -2.16. The Labute approximate surface area is 153 Å². The second-order valence-corrected chi connectivity index (χ2v) is 6.63. The lowest BCUT2D eigenvalue weighted by atomic mass is 9.91. The highest BCUT2D eigenvalue weighted by molar-refractivity contribution is 5.92. The van der Waals surface area contributed by atoms with Crippen LogP contribution in [0.5, 0.6) is 0 Å². The van der Waals surface area contributed by atoms with Crippen molar-refractivity contribution in [3.63, 3.8) is 0 Å². The van der Waals surface area contributed by atoms with Crippen molar-refractivity contribution in [1.29, 1.82) is 5.26 Å². The molecule has 0 heterocycles. The summed E-state index contributed by atoms with van der Waals surface area (Å²) in [6, 6.07) is 18.1. The zero-order valence-corrected chi connectivity index (χ0v) is 14.6. The van der Waals surface area contributed by atoms with Crippen LogP contribution in [0, 0.1) is 11.3 Å². The minimum atomic E-state index is -0.894. The molecule has 1 atom stereocenters. The summed E-state index contributed by atoms with van der Waals surface area (Å²) in [6.45, 7) is 0. The summed E-state index contributed by atoms with van der Waals surface area (Å²) in [5.41, 5.74) is 1.80. The Bertz CT molecular complexity index is 817. The Kier molecular flexibility index (Phi) is 5.80. The summed E-state index contributed by atoms with van der Waals surface area (Å²) >= 11 is 0. The molecule has 2 aromatic carbocycles. The number of carbonyl (C=O) groups excluding carboxylic acids is 2. The Morgan fingerprint density at radius 1 is 1.08 bits per heavy atom. The normalized spacial score (nSPS) is 15.2. The Balaban J connectivity index is 1.73. The van der Waals surface area contributed by atoms with Crippen molar-refractivity contribution in [3.8, 4) is 6.07 Å². The molecule has 132 valence electrons. The van der Waals surface area contributed by atoms with Crippen LogP contribution in [-0.4, -0.2) is 17.9 Å². The summed E-state index contributed by atoms with van der Waals surface area (Å²) in [6.07, 6.45) is 4.15. The molecule has 0 aliphatic heterocycles. The van der Waals surface area contributed by atoms with E-state index in [2.05, 4.69) is 6.07 Å². The van der Waals surface area contributed by atoms with Crippen molar-refractivity contribution in [2.24, 2.45) is 0 Å². The molecule has 1 saturated carbocycles. The Hall–Kier alpha value is -2.93. The van der Waals surface area contributed by atoms with Gasteiger partial charge in [-0.15, -0.1) is 0 Å². The number of ether oxygens (including phenoxy) is 1. The van der Waals surface area contributed by atoms with Gasteiger partial charge in [0.05, 0.1) is 11.6 Å². The van der Waals surface area contributed by atoms with E-state index in [9.17, 15) is 14.9 Å². The molecule has 1 fully saturated rings. The second-order valence-electron chi connectivity index (χ2n) is 6.63. The number of nitriles is 1. The zero-order chi connectivity index (χ0) is 18.4. The predicted molar refractivity (Wildman–Crippen MR) is 97.6 cm³/mol. The van der Waals surface area contributed by atoms with Gasteiger partial charge in [-0.2, -0.15) is 5.26 Å². The number of nitrogens with zero attached hydrogens (tertiary/aromatic N) is 1. The van der Waals surface area contributed by atoms with Gasteiger partial charge in [0.1, 0.15) is 12.0 Å². The van der Waals surface area contributed by atoms with Crippen molar-refractivity contribution < 1.29 is 14.3 Å². The SMILES string of the molecule is N#CC(C(=O)Cc1ccccc1)c1cccc(C(=O)OC2CCCC2)c1. The monoisotopic (exact) mass is 347 g/mol. The highest BCUT2D eigenvalue weighted by atomic mass is 16.5. The van der Waals surface area contributed by atoms with Crippen LogP contribution in [-0.2, 0) is 16.0 Å². The molecule has 1 unspecified atom stereocenters. The van der Waals surface area contributed by atoms with E-state index in [1.807, 2.05) is 30.3 Å². The molecular weight excluding hydrogens is 326 g/mol. The van der Waals surface area contributed by atoms with Gasteiger partial charge in [-0.3, -0.25) is 4.79 Å². The summed E-state index contributed by atoms with van der Waals surface area (Å²) in [5, 5.41) is 9.50. The Morgan fingerprint density at radius 2 is 1.81 bits per heavy atom. The molecule has 0 bridgehead atoms. The number of esters is 1. The minimum Gasteiger partial charge on any atom is -0.459 e. The van der Waals surface area contributed by atoms with Gasteiger partial charge in [0.25, 0.3) is 0 Å². The standard InChI is InChI=1S/C22H21NO3/c23-15-20(21(24)13-16-7-2-1-3-8-16)17-9-6-10-18(14-17)22(25)26-19-11-4-5-12-19/h1-3,6-10,14,19-20H,4-5,11-13H2. The molecular formula is C22H21NO3. The van der Waals surface area contributed by atoms with E-state index in [0.717, 1.165) is 31.2 Å². The van der Waals surface area contributed by atoms with Gasteiger partial charge in [-0.1, -0.05) is 42.5 Å². The van der Waals surface area contributed by atoms with Gasteiger partial charge < -0.3 is 4.74 Å². The fourth-order valence-electron chi connectivity index (χ4n) is 3.30. The smallest absolute Gasteiger partial charge is 0.338 e. The van der Waals surface area contributed by atoms with Crippen LogP contribution >= 0.6 is 0 Å². The van der Waals surface area contributed by atoms with Crippen LogP contribution in [0.15, 0.2) is 54.6 Å². The van der Waals surface area contributed by atoms with Gasteiger partial charge >= 0.3 is 5.97 Å². The molecule has 26 heavy (non-hydrogen) atoms. The fourth-order valence-corrected chi connectivity index (χ4v) is 3.30. The quantitative estimate of drug-likeness (QED) is 0.734.